The van der Waals surface area contributed by atoms with Gasteiger partial charge in [0.2, 0.25) is 0 Å². The first-order valence-corrected chi connectivity index (χ1v) is 8.07. The van der Waals surface area contributed by atoms with Crippen molar-refractivity contribution < 1.29 is 0 Å². The van der Waals surface area contributed by atoms with Crippen LogP contribution in [0.25, 0.3) is 0 Å². The summed E-state index contributed by atoms with van der Waals surface area (Å²) in [6, 6.07) is 6.80. The molecule has 2 aromatic rings. The number of aryl methyl sites for hydroxylation is 2. The van der Waals surface area contributed by atoms with Gasteiger partial charge in [-0.3, -0.25) is 4.68 Å². The third kappa shape index (κ3) is 4.03. The topological polar surface area (TPSA) is 29.9 Å². The predicted molar refractivity (Wildman–Crippen MR) is 90.2 cm³/mol. The molecular formula is C14H17BrIN3. The number of hydrogen-bond acceptors (Lipinski definition) is 2. The van der Waals surface area contributed by atoms with Crippen LogP contribution >= 0.6 is 38.5 Å². The molecule has 0 fully saturated rings. The summed E-state index contributed by atoms with van der Waals surface area (Å²) >= 11 is 5.95. The highest BCUT2D eigenvalue weighted by Crippen LogP contribution is 2.27. The summed E-state index contributed by atoms with van der Waals surface area (Å²) in [4.78, 5) is 0. The molecule has 1 unspecified atom stereocenters. The molecule has 0 bridgehead atoms. The Balaban J connectivity index is 2.09. The average molecular weight is 434 g/mol. The van der Waals surface area contributed by atoms with Gasteiger partial charge >= 0.3 is 0 Å². The molecule has 0 spiro atoms. The van der Waals surface area contributed by atoms with Crippen molar-refractivity contribution in [2.24, 2.45) is 7.05 Å². The minimum absolute atomic E-state index is 0.365. The van der Waals surface area contributed by atoms with Crippen molar-refractivity contribution >= 4 is 38.5 Å². The Morgan fingerprint density at radius 1 is 1.47 bits per heavy atom. The summed E-state index contributed by atoms with van der Waals surface area (Å²) in [6.07, 6.45) is 6.12. The fourth-order valence-electron chi connectivity index (χ4n) is 2.15. The third-order valence-electron chi connectivity index (χ3n) is 3.16. The molecule has 0 aliphatic rings. The van der Waals surface area contributed by atoms with Gasteiger partial charge < -0.3 is 5.32 Å². The highest BCUT2D eigenvalue weighted by atomic mass is 127. The SMILES string of the molecule is CNC(CCc1cnn(C)c1)c1cc(Br)ccc1I. The van der Waals surface area contributed by atoms with Crippen LogP contribution in [0.3, 0.4) is 0 Å². The Morgan fingerprint density at radius 2 is 2.26 bits per heavy atom. The molecule has 0 saturated carbocycles. The molecule has 3 nitrogen and oxygen atoms in total. The maximum absolute atomic E-state index is 4.21. The van der Waals surface area contributed by atoms with Crippen LogP contribution in [0.4, 0.5) is 0 Å². The minimum atomic E-state index is 0.365. The number of nitrogens with zero attached hydrogens (tertiary/aromatic N) is 2. The first kappa shape index (κ1) is 15.0. The smallest absolute Gasteiger partial charge is 0.0521 e. The van der Waals surface area contributed by atoms with Crippen molar-refractivity contribution in [1.82, 2.24) is 15.1 Å². The summed E-state index contributed by atoms with van der Waals surface area (Å²) < 4.78 is 4.28. The van der Waals surface area contributed by atoms with Crippen LogP contribution in [-0.4, -0.2) is 16.8 Å². The predicted octanol–water partition coefficient (Wildman–Crippen LogP) is 3.68. The fraction of sp³-hybridized carbons (Fsp3) is 0.357. The van der Waals surface area contributed by atoms with Gasteiger partial charge in [-0.2, -0.15) is 5.10 Å². The zero-order valence-electron chi connectivity index (χ0n) is 11.0. The summed E-state index contributed by atoms with van der Waals surface area (Å²) in [6.45, 7) is 0. The number of aromatic nitrogens is 2. The normalized spacial score (nSPS) is 12.6. The van der Waals surface area contributed by atoms with Gasteiger partial charge in [0.1, 0.15) is 0 Å². The number of hydrogen-bond donors (Lipinski definition) is 1. The van der Waals surface area contributed by atoms with E-state index < -0.39 is 0 Å². The first-order valence-electron chi connectivity index (χ1n) is 6.20. The van der Waals surface area contributed by atoms with Crippen molar-refractivity contribution in [2.45, 2.75) is 18.9 Å². The van der Waals surface area contributed by atoms with Crippen LogP contribution in [0, 0.1) is 3.57 Å². The summed E-state index contributed by atoms with van der Waals surface area (Å²) in [5.41, 5.74) is 2.63. The summed E-state index contributed by atoms with van der Waals surface area (Å²) in [5, 5.41) is 7.62. The molecule has 5 heteroatoms. The van der Waals surface area contributed by atoms with E-state index in [2.05, 4.69) is 73.3 Å². The fourth-order valence-corrected chi connectivity index (χ4v) is 3.24. The first-order chi connectivity index (χ1) is 9.10. The monoisotopic (exact) mass is 433 g/mol. The summed E-state index contributed by atoms with van der Waals surface area (Å²) in [5.74, 6) is 0. The van der Waals surface area contributed by atoms with E-state index in [1.807, 2.05) is 25.0 Å². The number of nitrogens with one attached hydrogen (secondary N) is 1. The zero-order chi connectivity index (χ0) is 13.8. The van der Waals surface area contributed by atoms with Crippen LogP contribution in [0.15, 0.2) is 35.1 Å². The molecule has 2 rings (SSSR count). The van der Waals surface area contributed by atoms with Crippen LogP contribution in [0.5, 0.6) is 0 Å². The highest BCUT2D eigenvalue weighted by Gasteiger charge is 2.13. The van der Waals surface area contributed by atoms with E-state index in [-0.39, 0.29) is 0 Å². The van der Waals surface area contributed by atoms with E-state index in [0.717, 1.165) is 17.3 Å². The van der Waals surface area contributed by atoms with Crippen LogP contribution in [0.1, 0.15) is 23.6 Å². The number of halogens is 2. The van der Waals surface area contributed by atoms with E-state index in [0.29, 0.717) is 6.04 Å². The van der Waals surface area contributed by atoms with Crippen LogP contribution in [-0.2, 0) is 13.5 Å². The quantitative estimate of drug-likeness (QED) is 0.729. The third-order valence-corrected chi connectivity index (χ3v) is 4.64. The number of benzene rings is 1. The molecule has 1 atom stereocenters. The Hall–Kier alpha value is -0.400. The standard InChI is InChI=1S/C14H17BrIN3/c1-17-14(6-3-10-8-18-19(2)9-10)12-7-11(15)4-5-13(12)16/h4-5,7-9,14,17H,3,6H2,1-2H3. The van der Waals surface area contributed by atoms with Gasteiger partial charge in [-0.1, -0.05) is 15.9 Å². The van der Waals surface area contributed by atoms with Gasteiger partial charge in [0.05, 0.1) is 6.20 Å². The van der Waals surface area contributed by atoms with Crippen LogP contribution < -0.4 is 5.32 Å². The van der Waals surface area contributed by atoms with Crippen LogP contribution in [0.2, 0.25) is 0 Å². The van der Waals surface area contributed by atoms with Crippen molar-refractivity contribution in [3.63, 3.8) is 0 Å². The number of rotatable bonds is 5. The minimum Gasteiger partial charge on any atom is -0.313 e. The molecule has 1 aromatic heterocycles. The zero-order valence-corrected chi connectivity index (χ0v) is 14.8. The molecule has 1 N–H and O–H groups in total. The molecular weight excluding hydrogens is 417 g/mol. The second-order valence-electron chi connectivity index (χ2n) is 4.57. The van der Waals surface area contributed by atoms with Crippen molar-refractivity contribution in [3.8, 4) is 0 Å². The molecule has 1 aromatic carbocycles. The van der Waals surface area contributed by atoms with Crippen molar-refractivity contribution in [2.75, 3.05) is 7.05 Å². The Bertz CT molecular complexity index is 553. The lowest BCUT2D eigenvalue weighted by atomic mass is 10.0. The second-order valence-corrected chi connectivity index (χ2v) is 6.65. The molecule has 0 amide bonds. The maximum atomic E-state index is 4.21. The molecule has 0 aliphatic carbocycles. The van der Waals surface area contributed by atoms with E-state index >= 15 is 0 Å². The van der Waals surface area contributed by atoms with Gasteiger partial charge in [0.15, 0.2) is 0 Å². The molecule has 0 aliphatic heterocycles. The van der Waals surface area contributed by atoms with E-state index in [4.69, 9.17) is 0 Å². The van der Waals surface area contributed by atoms with Gasteiger partial charge in [0, 0.05) is 27.3 Å². The Kier molecular flexibility index (Phi) is 5.41. The van der Waals surface area contributed by atoms with Gasteiger partial charge in [-0.15, -0.1) is 0 Å². The van der Waals surface area contributed by atoms with Gasteiger partial charge in [0.25, 0.3) is 0 Å². The van der Waals surface area contributed by atoms with E-state index in [1.54, 1.807) is 0 Å². The molecule has 0 radical (unpaired) electrons. The van der Waals surface area contributed by atoms with Gasteiger partial charge in [-0.25, -0.2) is 0 Å². The Morgan fingerprint density at radius 3 is 2.89 bits per heavy atom. The molecule has 0 saturated heterocycles. The lowest BCUT2D eigenvalue weighted by Crippen LogP contribution is -2.18. The highest BCUT2D eigenvalue weighted by molar-refractivity contribution is 14.1. The largest absolute Gasteiger partial charge is 0.313 e. The second kappa shape index (κ2) is 6.85. The molecule has 19 heavy (non-hydrogen) atoms. The van der Waals surface area contributed by atoms with Gasteiger partial charge in [-0.05, 0) is 71.8 Å². The van der Waals surface area contributed by atoms with E-state index in [9.17, 15) is 0 Å². The lowest BCUT2D eigenvalue weighted by molar-refractivity contribution is 0.546. The van der Waals surface area contributed by atoms with Crippen molar-refractivity contribution in [3.05, 3.63) is 49.8 Å². The molecule has 102 valence electrons. The van der Waals surface area contributed by atoms with E-state index in [1.165, 1.54) is 14.7 Å². The summed E-state index contributed by atoms with van der Waals surface area (Å²) in [7, 11) is 3.97. The molecule has 1 heterocycles. The lowest BCUT2D eigenvalue weighted by Gasteiger charge is -2.18. The maximum Gasteiger partial charge on any atom is 0.0521 e. The van der Waals surface area contributed by atoms with Crippen molar-refractivity contribution in [1.29, 1.82) is 0 Å². The average Bonchev–Trinajstić information content (AvgIpc) is 2.80. The Labute approximate surface area is 136 Å².